The molecule has 0 spiro atoms. The van der Waals surface area contributed by atoms with Crippen molar-refractivity contribution in [3.8, 4) is 11.3 Å². The van der Waals surface area contributed by atoms with Crippen LogP contribution in [0, 0.1) is 12.7 Å². The highest BCUT2D eigenvalue weighted by atomic mass is 32.2. The third-order valence-electron chi connectivity index (χ3n) is 3.99. The van der Waals surface area contributed by atoms with Crippen LogP contribution in [-0.4, -0.2) is 33.6 Å². The van der Waals surface area contributed by atoms with E-state index in [2.05, 4.69) is 9.97 Å². The Kier molecular flexibility index (Phi) is 6.19. The Balaban J connectivity index is 1.63. The molecular weight excluding hydrogens is 361 g/mol. The Labute approximate surface area is 162 Å². The van der Waals surface area contributed by atoms with Crippen molar-refractivity contribution in [1.82, 2.24) is 14.9 Å². The van der Waals surface area contributed by atoms with Crippen molar-refractivity contribution in [3.05, 3.63) is 77.7 Å². The summed E-state index contributed by atoms with van der Waals surface area (Å²) in [6.07, 6.45) is 0. The Morgan fingerprint density at radius 1 is 1.07 bits per heavy atom. The second-order valence-electron chi connectivity index (χ2n) is 6.21. The smallest absolute Gasteiger partial charge is 0.233 e. The number of amides is 1. The number of carbonyl (C=O) groups excluding carboxylic acids is 1. The van der Waals surface area contributed by atoms with Crippen LogP contribution in [0.3, 0.4) is 0 Å². The molecule has 0 bridgehead atoms. The van der Waals surface area contributed by atoms with Crippen LogP contribution in [0.2, 0.25) is 0 Å². The molecule has 1 aromatic heterocycles. The van der Waals surface area contributed by atoms with Crippen LogP contribution in [0.1, 0.15) is 11.3 Å². The fraction of sp³-hybridized carbons (Fsp3) is 0.190. The minimum atomic E-state index is -0.283. The summed E-state index contributed by atoms with van der Waals surface area (Å²) in [4.78, 5) is 23.0. The van der Waals surface area contributed by atoms with Crippen LogP contribution in [0.25, 0.3) is 11.3 Å². The van der Waals surface area contributed by atoms with Gasteiger partial charge in [0.25, 0.3) is 0 Å². The molecule has 0 aliphatic rings. The van der Waals surface area contributed by atoms with Crippen molar-refractivity contribution >= 4 is 17.7 Å². The maximum atomic E-state index is 13.0. The number of thioether (sulfide) groups is 1. The molecule has 3 aromatic rings. The highest BCUT2D eigenvalue weighted by Gasteiger charge is 2.12. The van der Waals surface area contributed by atoms with Crippen molar-refractivity contribution in [2.75, 3.05) is 12.8 Å². The largest absolute Gasteiger partial charge is 0.341 e. The van der Waals surface area contributed by atoms with Gasteiger partial charge < -0.3 is 4.90 Å². The van der Waals surface area contributed by atoms with Gasteiger partial charge in [0.05, 0.1) is 11.4 Å². The van der Waals surface area contributed by atoms with E-state index in [1.807, 2.05) is 43.3 Å². The zero-order chi connectivity index (χ0) is 19.2. The van der Waals surface area contributed by atoms with E-state index in [9.17, 15) is 9.18 Å². The highest BCUT2D eigenvalue weighted by Crippen LogP contribution is 2.22. The molecule has 0 aliphatic heterocycles. The number of benzene rings is 2. The lowest BCUT2D eigenvalue weighted by Gasteiger charge is -2.17. The van der Waals surface area contributed by atoms with E-state index in [0.29, 0.717) is 11.7 Å². The molecule has 2 aromatic carbocycles. The summed E-state index contributed by atoms with van der Waals surface area (Å²) in [5, 5.41) is 0.581. The third-order valence-corrected chi connectivity index (χ3v) is 4.82. The lowest BCUT2D eigenvalue weighted by Crippen LogP contribution is -2.27. The zero-order valence-electron chi connectivity index (χ0n) is 15.2. The summed E-state index contributed by atoms with van der Waals surface area (Å²) in [5.74, 6) is -0.0696. The fourth-order valence-corrected chi connectivity index (χ4v) is 3.40. The van der Waals surface area contributed by atoms with Crippen LogP contribution < -0.4 is 0 Å². The first-order chi connectivity index (χ1) is 13.0. The Morgan fingerprint density at radius 3 is 2.48 bits per heavy atom. The topological polar surface area (TPSA) is 46.1 Å². The first kappa shape index (κ1) is 19.0. The minimum Gasteiger partial charge on any atom is -0.341 e. The van der Waals surface area contributed by atoms with Crippen molar-refractivity contribution in [1.29, 1.82) is 0 Å². The molecule has 4 nitrogen and oxygen atoms in total. The van der Waals surface area contributed by atoms with Crippen molar-refractivity contribution in [3.63, 3.8) is 0 Å². The molecule has 0 saturated carbocycles. The van der Waals surface area contributed by atoms with Gasteiger partial charge in [0.2, 0.25) is 5.91 Å². The molecule has 138 valence electrons. The van der Waals surface area contributed by atoms with E-state index in [1.165, 1.54) is 23.9 Å². The van der Waals surface area contributed by atoms with E-state index in [1.54, 1.807) is 24.1 Å². The maximum Gasteiger partial charge on any atom is 0.233 e. The molecule has 1 heterocycles. The van der Waals surface area contributed by atoms with Crippen LogP contribution in [0.5, 0.6) is 0 Å². The molecule has 6 heteroatoms. The first-order valence-corrected chi connectivity index (χ1v) is 9.52. The predicted octanol–water partition coefficient (Wildman–Crippen LogP) is 4.34. The van der Waals surface area contributed by atoms with Gasteiger partial charge >= 0.3 is 0 Å². The molecule has 0 fully saturated rings. The second-order valence-corrected chi connectivity index (χ2v) is 7.15. The van der Waals surface area contributed by atoms with Crippen LogP contribution in [0.4, 0.5) is 4.39 Å². The van der Waals surface area contributed by atoms with E-state index in [-0.39, 0.29) is 17.5 Å². The molecule has 0 radical (unpaired) electrons. The monoisotopic (exact) mass is 381 g/mol. The van der Waals surface area contributed by atoms with Gasteiger partial charge in [-0.25, -0.2) is 14.4 Å². The molecular formula is C21H20FN3OS. The lowest BCUT2D eigenvalue weighted by molar-refractivity contribution is -0.127. The summed E-state index contributed by atoms with van der Waals surface area (Å²) < 4.78 is 13.0. The number of nitrogens with zero attached hydrogens (tertiary/aromatic N) is 3. The van der Waals surface area contributed by atoms with Gasteiger partial charge in [0.1, 0.15) is 5.82 Å². The van der Waals surface area contributed by atoms with Gasteiger partial charge in [-0.05, 0) is 30.7 Å². The number of carbonyl (C=O) groups is 1. The van der Waals surface area contributed by atoms with E-state index < -0.39 is 0 Å². The van der Waals surface area contributed by atoms with E-state index >= 15 is 0 Å². The van der Waals surface area contributed by atoms with Gasteiger partial charge in [-0.15, -0.1) is 0 Å². The van der Waals surface area contributed by atoms with Crippen molar-refractivity contribution in [2.24, 2.45) is 0 Å². The number of rotatable bonds is 6. The SMILES string of the molecule is Cc1cc(-c2ccccc2)nc(SCC(=O)N(C)Cc2ccc(F)cc2)n1. The molecule has 0 N–H and O–H groups in total. The number of aryl methyl sites for hydroxylation is 1. The Morgan fingerprint density at radius 2 is 1.78 bits per heavy atom. The quantitative estimate of drug-likeness (QED) is 0.471. The number of halogens is 1. The molecule has 0 aliphatic carbocycles. The number of hydrogen-bond donors (Lipinski definition) is 0. The summed E-state index contributed by atoms with van der Waals surface area (Å²) in [6, 6.07) is 18.0. The van der Waals surface area contributed by atoms with Crippen LogP contribution in [0.15, 0.2) is 65.8 Å². The molecule has 27 heavy (non-hydrogen) atoms. The average molecular weight is 381 g/mol. The summed E-state index contributed by atoms with van der Waals surface area (Å²) in [5.41, 5.74) is 3.61. The molecule has 0 saturated heterocycles. The maximum absolute atomic E-state index is 13.0. The van der Waals surface area contributed by atoms with Crippen molar-refractivity contribution in [2.45, 2.75) is 18.6 Å². The van der Waals surface area contributed by atoms with Gasteiger partial charge in [-0.3, -0.25) is 4.79 Å². The van der Waals surface area contributed by atoms with Gasteiger partial charge in [-0.2, -0.15) is 0 Å². The van der Waals surface area contributed by atoms with Gasteiger partial charge in [0.15, 0.2) is 5.16 Å². The Hall–Kier alpha value is -2.73. The highest BCUT2D eigenvalue weighted by molar-refractivity contribution is 7.99. The van der Waals surface area contributed by atoms with Gasteiger partial charge in [-0.1, -0.05) is 54.2 Å². The molecule has 0 atom stereocenters. The third kappa shape index (κ3) is 5.37. The lowest BCUT2D eigenvalue weighted by atomic mass is 10.1. The summed E-state index contributed by atoms with van der Waals surface area (Å²) in [7, 11) is 1.73. The standard InChI is InChI=1S/C21H20FN3OS/c1-15-12-19(17-6-4-3-5-7-17)24-21(23-15)27-14-20(26)25(2)13-16-8-10-18(22)11-9-16/h3-12H,13-14H2,1-2H3. The Bertz CT molecular complexity index is 916. The summed E-state index contributed by atoms with van der Waals surface area (Å²) in [6.45, 7) is 2.35. The molecule has 3 rings (SSSR count). The van der Waals surface area contributed by atoms with E-state index in [0.717, 1.165) is 22.5 Å². The minimum absolute atomic E-state index is 0.0318. The molecule has 1 amide bonds. The zero-order valence-corrected chi connectivity index (χ0v) is 16.0. The van der Waals surface area contributed by atoms with Gasteiger partial charge in [0, 0.05) is 24.8 Å². The number of hydrogen-bond acceptors (Lipinski definition) is 4. The van der Waals surface area contributed by atoms with Crippen LogP contribution >= 0.6 is 11.8 Å². The van der Waals surface area contributed by atoms with E-state index in [4.69, 9.17) is 0 Å². The molecule has 0 unspecified atom stereocenters. The second kappa shape index (κ2) is 8.77. The number of aromatic nitrogens is 2. The first-order valence-electron chi connectivity index (χ1n) is 8.53. The van der Waals surface area contributed by atoms with Crippen LogP contribution in [-0.2, 0) is 11.3 Å². The van der Waals surface area contributed by atoms with Crippen molar-refractivity contribution < 1.29 is 9.18 Å². The summed E-state index contributed by atoms with van der Waals surface area (Å²) >= 11 is 1.32. The average Bonchev–Trinajstić information content (AvgIpc) is 2.68. The fourth-order valence-electron chi connectivity index (χ4n) is 2.55. The normalized spacial score (nSPS) is 10.6. The predicted molar refractivity (Wildman–Crippen MR) is 106 cm³/mol.